The van der Waals surface area contributed by atoms with Crippen LogP contribution in [-0.2, 0) is 16.1 Å². The second-order valence-corrected chi connectivity index (χ2v) is 7.60. The Hall–Kier alpha value is -3.52. The van der Waals surface area contributed by atoms with Gasteiger partial charge in [-0.25, -0.2) is 4.79 Å². The van der Waals surface area contributed by atoms with Gasteiger partial charge in [0, 0.05) is 30.0 Å². The molecular weight excluding hydrogens is 430 g/mol. The highest BCUT2D eigenvalue weighted by molar-refractivity contribution is 7.15. The van der Waals surface area contributed by atoms with Gasteiger partial charge in [-0.3, -0.25) is 4.79 Å². The molecule has 0 spiro atoms. The van der Waals surface area contributed by atoms with E-state index in [2.05, 4.69) is 5.32 Å². The van der Waals surface area contributed by atoms with Crippen LogP contribution < -0.4 is 19.5 Å². The summed E-state index contributed by atoms with van der Waals surface area (Å²) in [5, 5.41) is 5.86. The van der Waals surface area contributed by atoms with E-state index in [1.807, 2.05) is 29.6 Å². The molecule has 0 unspecified atom stereocenters. The zero-order valence-corrected chi connectivity index (χ0v) is 19.2. The molecule has 0 bridgehead atoms. The van der Waals surface area contributed by atoms with Crippen LogP contribution in [-0.4, -0.2) is 32.8 Å². The molecule has 168 valence electrons. The van der Waals surface area contributed by atoms with E-state index in [0.717, 1.165) is 16.9 Å². The van der Waals surface area contributed by atoms with Crippen molar-refractivity contribution < 1.29 is 28.5 Å². The number of ether oxygens (including phenoxy) is 4. The molecule has 32 heavy (non-hydrogen) atoms. The standard InChI is InChI=1S/C24H25NO6S/c1-5-30-24(27)22-20(16-6-8-18(28-3)9-7-16)14-32-23(22)25-13-17-12-19(29-4)10-11-21(17)31-15(2)26/h6-12,14,25H,5,13H2,1-4H3. The highest BCUT2D eigenvalue weighted by Crippen LogP contribution is 2.37. The maximum absolute atomic E-state index is 12.8. The van der Waals surface area contributed by atoms with Gasteiger partial charge in [0.05, 0.1) is 20.8 Å². The lowest BCUT2D eigenvalue weighted by atomic mass is 10.0. The van der Waals surface area contributed by atoms with Gasteiger partial charge >= 0.3 is 11.9 Å². The van der Waals surface area contributed by atoms with E-state index in [4.69, 9.17) is 18.9 Å². The van der Waals surface area contributed by atoms with Crippen LogP contribution in [0.5, 0.6) is 17.2 Å². The summed E-state index contributed by atoms with van der Waals surface area (Å²) in [4.78, 5) is 24.3. The first kappa shape index (κ1) is 23.1. The fourth-order valence-electron chi connectivity index (χ4n) is 3.13. The number of benzene rings is 2. The van der Waals surface area contributed by atoms with Crippen molar-refractivity contribution in [2.75, 3.05) is 26.1 Å². The molecule has 0 saturated carbocycles. The second-order valence-electron chi connectivity index (χ2n) is 6.72. The predicted molar refractivity (Wildman–Crippen MR) is 124 cm³/mol. The third-order valence-corrected chi connectivity index (χ3v) is 5.57. The van der Waals surface area contributed by atoms with Crippen molar-refractivity contribution in [3.63, 3.8) is 0 Å². The summed E-state index contributed by atoms with van der Waals surface area (Å²) in [6, 6.07) is 12.7. The molecule has 0 radical (unpaired) electrons. The third kappa shape index (κ3) is 5.39. The molecule has 0 aliphatic carbocycles. The lowest BCUT2D eigenvalue weighted by molar-refractivity contribution is -0.131. The Bertz CT molecular complexity index is 1090. The summed E-state index contributed by atoms with van der Waals surface area (Å²) < 4.78 is 21.1. The van der Waals surface area contributed by atoms with E-state index in [0.29, 0.717) is 34.2 Å². The average molecular weight is 456 g/mol. The van der Waals surface area contributed by atoms with Crippen LogP contribution in [0, 0.1) is 0 Å². The highest BCUT2D eigenvalue weighted by Gasteiger charge is 2.22. The van der Waals surface area contributed by atoms with Gasteiger partial charge in [-0.05, 0) is 42.8 Å². The minimum absolute atomic E-state index is 0.267. The van der Waals surface area contributed by atoms with Gasteiger partial charge < -0.3 is 24.3 Å². The Morgan fingerprint density at radius 3 is 2.31 bits per heavy atom. The molecule has 8 heteroatoms. The van der Waals surface area contributed by atoms with Crippen LogP contribution in [0.2, 0.25) is 0 Å². The number of hydrogen-bond acceptors (Lipinski definition) is 8. The Kier molecular flexibility index (Phi) is 7.72. The van der Waals surface area contributed by atoms with E-state index in [9.17, 15) is 9.59 Å². The number of methoxy groups -OCH3 is 2. The van der Waals surface area contributed by atoms with Gasteiger partial charge in [-0.2, -0.15) is 0 Å². The zero-order chi connectivity index (χ0) is 23.1. The monoisotopic (exact) mass is 455 g/mol. The lowest BCUT2D eigenvalue weighted by Crippen LogP contribution is -2.10. The average Bonchev–Trinajstić information content (AvgIpc) is 3.22. The maximum atomic E-state index is 12.8. The molecule has 0 atom stereocenters. The van der Waals surface area contributed by atoms with Crippen molar-refractivity contribution >= 4 is 28.3 Å². The van der Waals surface area contributed by atoms with Crippen molar-refractivity contribution in [3.05, 3.63) is 59.0 Å². The summed E-state index contributed by atoms with van der Waals surface area (Å²) in [5.74, 6) is 0.967. The van der Waals surface area contributed by atoms with E-state index in [1.54, 1.807) is 39.3 Å². The Balaban J connectivity index is 1.94. The van der Waals surface area contributed by atoms with Gasteiger partial charge in [-0.1, -0.05) is 12.1 Å². The van der Waals surface area contributed by atoms with Crippen molar-refractivity contribution in [2.24, 2.45) is 0 Å². The van der Waals surface area contributed by atoms with E-state index in [1.165, 1.54) is 18.3 Å². The van der Waals surface area contributed by atoms with Gasteiger partial charge in [0.15, 0.2) is 0 Å². The highest BCUT2D eigenvalue weighted by atomic mass is 32.1. The summed E-state index contributed by atoms with van der Waals surface area (Å²) in [7, 11) is 3.17. The van der Waals surface area contributed by atoms with Gasteiger partial charge in [0.25, 0.3) is 0 Å². The second kappa shape index (κ2) is 10.7. The van der Waals surface area contributed by atoms with Gasteiger partial charge in [-0.15, -0.1) is 11.3 Å². The Morgan fingerprint density at radius 1 is 1.00 bits per heavy atom. The number of hydrogen-bond donors (Lipinski definition) is 1. The van der Waals surface area contributed by atoms with Crippen molar-refractivity contribution in [1.29, 1.82) is 0 Å². The first-order valence-electron chi connectivity index (χ1n) is 9.99. The summed E-state index contributed by atoms with van der Waals surface area (Å²) in [6.07, 6.45) is 0. The lowest BCUT2D eigenvalue weighted by Gasteiger charge is -2.13. The van der Waals surface area contributed by atoms with E-state index < -0.39 is 11.9 Å². The summed E-state index contributed by atoms with van der Waals surface area (Å²) >= 11 is 1.40. The smallest absolute Gasteiger partial charge is 0.341 e. The van der Waals surface area contributed by atoms with Crippen LogP contribution in [0.4, 0.5) is 5.00 Å². The topological polar surface area (TPSA) is 83.1 Å². The molecular formula is C24H25NO6S. The predicted octanol–water partition coefficient (Wildman–Crippen LogP) is 5.15. The Morgan fingerprint density at radius 2 is 1.69 bits per heavy atom. The Labute approximate surface area is 190 Å². The molecule has 7 nitrogen and oxygen atoms in total. The van der Waals surface area contributed by atoms with Crippen molar-refractivity contribution in [1.82, 2.24) is 0 Å². The first-order valence-corrected chi connectivity index (χ1v) is 10.9. The number of carbonyl (C=O) groups excluding carboxylic acids is 2. The molecule has 1 heterocycles. The van der Waals surface area contributed by atoms with Gasteiger partial charge in [0.2, 0.25) is 0 Å². The number of carbonyl (C=O) groups is 2. The SMILES string of the molecule is CCOC(=O)c1c(-c2ccc(OC)cc2)csc1NCc1cc(OC)ccc1OC(C)=O. The van der Waals surface area contributed by atoms with Crippen molar-refractivity contribution in [3.8, 4) is 28.4 Å². The first-order chi connectivity index (χ1) is 15.5. The number of nitrogens with one attached hydrogen (secondary N) is 1. The largest absolute Gasteiger partial charge is 0.497 e. The summed E-state index contributed by atoms with van der Waals surface area (Å²) in [5.41, 5.74) is 2.82. The van der Waals surface area contributed by atoms with E-state index in [-0.39, 0.29) is 6.61 Å². The molecule has 0 fully saturated rings. The van der Waals surface area contributed by atoms with Crippen LogP contribution in [0.15, 0.2) is 47.8 Å². The fourth-order valence-corrected chi connectivity index (χ4v) is 4.08. The molecule has 0 saturated heterocycles. The minimum atomic E-state index is -0.415. The molecule has 1 aromatic heterocycles. The molecule has 0 amide bonds. The van der Waals surface area contributed by atoms with Gasteiger partial charge in [0.1, 0.15) is 27.8 Å². The van der Waals surface area contributed by atoms with Crippen molar-refractivity contribution in [2.45, 2.75) is 20.4 Å². The molecule has 3 rings (SSSR count). The maximum Gasteiger partial charge on any atom is 0.341 e. The molecule has 1 N–H and O–H groups in total. The molecule has 2 aromatic carbocycles. The minimum Gasteiger partial charge on any atom is -0.497 e. The number of esters is 2. The number of rotatable bonds is 9. The third-order valence-electron chi connectivity index (χ3n) is 4.63. The van der Waals surface area contributed by atoms with E-state index >= 15 is 0 Å². The fraction of sp³-hybridized carbons (Fsp3) is 0.250. The number of thiophene rings is 1. The molecule has 3 aromatic rings. The molecule has 0 aliphatic heterocycles. The van der Waals surface area contributed by atoms with Crippen LogP contribution >= 0.6 is 11.3 Å². The molecule has 0 aliphatic rings. The zero-order valence-electron chi connectivity index (χ0n) is 18.4. The van der Waals surface area contributed by atoms with Crippen LogP contribution in [0.1, 0.15) is 29.8 Å². The van der Waals surface area contributed by atoms with Crippen LogP contribution in [0.25, 0.3) is 11.1 Å². The number of anilines is 1. The quantitative estimate of drug-likeness (QED) is 0.353. The summed E-state index contributed by atoms with van der Waals surface area (Å²) in [6.45, 7) is 3.70. The normalized spacial score (nSPS) is 10.4. The van der Waals surface area contributed by atoms with Crippen LogP contribution in [0.3, 0.4) is 0 Å².